The standard InChI is InChI=1S/C47H53N3/c1-9-10-18-34(2)45(38(6)43-28-29-44(31-43)39(7)50(8)47-23-15-14-19-35(47)3)32-46(42-21-12-11-13-22-42)37(5)41-26-24-40(25-27-41)33-49-30-17-16-20-36(4)48/h9-30,32,34,39H,1,5,31,33,48H2,2-4,6-8H3/b17-16-,18-10-,36-20+,45-38-,46-32+,49-30-. The smallest absolute Gasteiger partial charge is 0.0639 e. The molecule has 4 rings (SSSR count). The Bertz CT molecular complexity index is 1880. The number of aryl methyl sites for hydroxylation is 1. The number of aliphatic imine (C=N–C) groups is 1. The van der Waals surface area contributed by atoms with Gasteiger partial charge < -0.3 is 10.6 Å². The fraction of sp³-hybridized carbons (Fsp3) is 0.213. The molecule has 0 saturated carbocycles. The second kappa shape index (κ2) is 18.4. The zero-order chi connectivity index (χ0) is 36.0. The lowest BCUT2D eigenvalue weighted by Gasteiger charge is -2.30. The first kappa shape index (κ1) is 37.4. The molecule has 0 fully saturated rings. The van der Waals surface area contributed by atoms with E-state index in [9.17, 15) is 0 Å². The second-order valence-corrected chi connectivity index (χ2v) is 13.1. The minimum absolute atomic E-state index is 0.162. The molecular formula is C47H53N3. The molecule has 1 aliphatic carbocycles. The summed E-state index contributed by atoms with van der Waals surface area (Å²) in [5, 5.41) is 0. The van der Waals surface area contributed by atoms with E-state index in [4.69, 9.17) is 5.73 Å². The maximum atomic E-state index is 5.68. The van der Waals surface area contributed by atoms with Gasteiger partial charge in [0.15, 0.2) is 0 Å². The van der Waals surface area contributed by atoms with Gasteiger partial charge in [-0.3, -0.25) is 4.99 Å². The maximum absolute atomic E-state index is 5.68. The van der Waals surface area contributed by atoms with E-state index in [2.05, 4.69) is 161 Å². The molecule has 2 atom stereocenters. The molecule has 3 nitrogen and oxygen atoms in total. The quantitative estimate of drug-likeness (QED) is 0.130. The zero-order valence-electron chi connectivity index (χ0n) is 30.7. The molecule has 0 bridgehead atoms. The molecule has 256 valence electrons. The molecule has 2 N–H and O–H groups in total. The van der Waals surface area contributed by atoms with Crippen LogP contribution in [-0.4, -0.2) is 19.3 Å². The van der Waals surface area contributed by atoms with Crippen molar-refractivity contribution < 1.29 is 0 Å². The van der Waals surface area contributed by atoms with Crippen LogP contribution in [0.15, 0.2) is 180 Å². The van der Waals surface area contributed by atoms with Crippen LogP contribution < -0.4 is 10.6 Å². The fourth-order valence-corrected chi connectivity index (χ4v) is 6.18. The van der Waals surface area contributed by atoms with Gasteiger partial charge in [0.25, 0.3) is 0 Å². The number of nitrogens with two attached hydrogens (primary N) is 1. The van der Waals surface area contributed by atoms with Crippen molar-refractivity contribution in [2.75, 3.05) is 11.9 Å². The molecule has 0 aromatic heterocycles. The van der Waals surface area contributed by atoms with E-state index >= 15 is 0 Å². The van der Waals surface area contributed by atoms with Crippen molar-refractivity contribution in [3.05, 3.63) is 197 Å². The summed E-state index contributed by atoms with van der Waals surface area (Å²) in [4.78, 5) is 6.92. The SMILES string of the molecule is C=C/C=C\C(C)C(/C=C(\C(=C)c1ccc(C\N=C/C=C\C=C(/C)N)cc1)c1ccccc1)=C(/C)C1=CC=C(C(C)N(C)c2ccccc2C)C1. The van der Waals surface area contributed by atoms with E-state index in [1.54, 1.807) is 0 Å². The topological polar surface area (TPSA) is 41.6 Å². The van der Waals surface area contributed by atoms with Gasteiger partial charge in [0, 0.05) is 30.7 Å². The third kappa shape index (κ3) is 10.1. The van der Waals surface area contributed by atoms with Gasteiger partial charge in [-0.2, -0.15) is 0 Å². The first-order chi connectivity index (χ1) is 24.1. The van der Waals surface area contributed by atoms with Gasteiger partial charge in [-0.25, -0.2) is 0 Å². The second-order valence-electron chi connectivity index (χ2n) is 13.1. The van der Waals surface area contributed by atoms with E-state index in [1.165, 1.54) is 33.5 Å². The summed E-state index contributed by atoms with van der Waals surface area (Å²) in [5.74, 6) is 0.162. The molecule has 0 aliphatic heterocycles. The van der Waals surface area contributed by atoms with Crippen LogP contribution in [0.2, 0.25) is 0 Å². The van der Waals surface area contributed by atoms with Crippen LogP contribution in [0.3, 0.4) is 0 Å². The lowest BCUT2D eigenvalue weighted by atomic mass is 9.85. The van der Waals surface area contributed by atoms with Crippen LogP contribution in [-0.2, 0) is 6.54 Å². The summed E-state index contributed by atoms with van der Waals surface area (Å²) in [6, 6.07) is 28.0. The molecule has 3 aromatic rings. The molecular weight excluding hydrogens is 607 g/mol. The van der Waals surface area contributed by atoms with E-state index in [1.807, 2.05) is 43.5 Å². The third-order valence-electron chi connectivity index (χ3n) is 9.40. The van der Waals surface area contributed by atoms with Gasteiger partial charge in [0.05, 0.1) is 6.54 Å². The van der Waals surface area contributed by atoms with Crippen molar-refractivity contribution in [3.8, 4) is 0 Å². The number of nitrogens with zero attached hydrogens (tertiary/aromatic N) is 2. The van der Waals surface area contributed by atoms with E-state index in [0.717, 1.165) is 40.0 Å². The number of anilines is 1. The molecule has 0 spiro atoms. The molecule has 0 radical (unpaired) electrons. The summed E-state index contributed by atoms with van der Waals surface area (Å²) in [6.07, 6.45) is 21.5. The van der Waals surface area contributed by atoms with Gasteiger partial charge in [-0.1, -0.05) is 129 Å². The van der Waals surface area contributed by atoms with Gasteiger partial charge >= 0.3 is 0 Å². The summed E-state index contributed by atoms with van der Waals surface area (Å²) in [6.45, 7) is 20.1. The number of rotatable bonds is 15. The number of likely N-dealkylation sites (N-methyl/N-ethyl adjacent to an activating group) is 1. The van der Waals surface area contributed by atoms with Crippen molar-refractivity contribution >= 4 is 23.0 Å². The summed E-state index contributed by atoms with van der Waals surface area (Å²) in [5.41, 5.74) is 19.8. The molecule has 3 heteroatoms. The van der Waals surface area contributed by atoms with Crippen LogP contribution in [0.1, 0.15) is 56.4 Å². The van der Waals surface area contributed by atoms with Crippen LogP contribution in [0, 0.1) is 12.8 Å². The summed E-state index contributed by atoms with van der Waals surface area (Å²) >= 11 is 0. The van der Waals surface area contributed by atoms with Crippen LogP contribution in [0.5, 0.6) is 0 Å². The monoisotopic (exact) mass is 659 g/mol. The maximum Gasteiger partial charge on any atom is 0.0639 e. The lowest BCUT2D eigenvalue weighted by molar-refractivity contribution is 0.758. The highest BCUT2D eigenvalue weighted by Gasteiger charge is 2.22. The lowest BCUT2D eigenvalue weighted by Crippen LogP contribution is -2.30. The first-order valence-corrected chi connectivity index (χ1v) is 17.4. The van der Waals surface area contributed by atoms with Crippen molar-refractivity contribution in [3.63, 3.8) is 0 Å². The van der Waals surface area contributed by atoms with Crippen molar-refractivity contribution in [2.45, 2.75) is 53.6 Å². The van der Waals surface area contributed by atoms with Crippen LogP contribution in [0.25, 0.3) is 11.1 Å². The predicted molar refractivity (Wildman–Crippen MR) is 220 cm³/mol. The Hall–Kier alpha value is -5.41. The minimum atomic E-state index is 0.162. The summed E-state index contributed by atoms with van der Waals surface area (Å²) in [7, 11) is 2.20. The Morgan fingerprint density at radius 1 is 0.900 bits per heavy atom. The van der Waals surface area contributed by atoms with Gasteiger partial charge in [-0.05, 0) is 120 Å². The largest absolute Gasteiger partial charge is 0.402 e. The molecule has 0 heterocycles. The predicted octanol–water partition coefficient (Wildman–Crippen LogP) is 11.6. The van der Waals surface area contributed by atoms with Gasteiger partial charge in [0.2, 0.25) is 0 Å². The highest BCUT2D eigenvalue weighted by Crippen LogP contribution is 2.38. The molecule has 2 unspecified atom stereocenters. The van der Waals surface area contributed by atoms with Crippen molar-refractivity contribution in [1.29, 1.82) is 0 Å². The average Bonchev–Trinajstić information content (AvgIpc) is 3.63. The Labute approximate surface area is 301 Å². The highest BCUT2D eigenvalue weighted by molar-refractivity contribution is 6.04. The molecule has 0 amide bonds. The minimum Gasteiger partial charge on any atom is -0.402 e. The Morgan fingerprint density at radius 2 is 1.60 bits per heavy atom. The molecule has 1 aliphatic rings. The highest BCUT2D eigenvalue weighted by atomic mass is 15.1. The van der Waals surface area contributed by atoms with Crippen molar-refractivity contribution in [1.82, 2.24) is 0 Å². The number of allylic oxidation sites excluding steroid dienone is 15. The Morgan fingerprint density at radius 3 is 2.28 bits per heavy atom. The van der Waals surface area contributed by atoms with Gasteiger partial charge in [0.1, 0.15) is 0 Å². The Balaban J connectivity index is 1.66. The number of hydrogen-bond donors (Lipinski definition) is 1. The van der Waals surface area contributed by atoms with Crippen LogP contribution in [0.4, 0.5) is 5.69 Å². The molecule has 3 aromatic carbocycles. The zero-order valence-corrected chi connectivity index (χ0v) is 30.7. The van der Waals surface area contributed by atoms with Crippen molar-refractivity contribution in [2.24, 2.45) is 16.6 Å². The number of hydrogen-bond acceptors (Lipinski definition) is 3. The van der Waals surface area contributed by atoms with Crippen LogP contribution >= 0.6 is 0 Å². The average molecular weight is 660 g/mol. The molecule has 0 saturated heterocycles. The summed E-state index contributed by atoms with van der Waals surface area (Å²) < 4.78 is 0. The normalized spacial score (nSPS) is 15.6. The van der Waals surface area contributed by atoms with E-state index in [0.29, 0.717) is 6.54 Å². The number of benzene rings is 3. The first-order valence-electron chi connectivity index (χ1n) is 17.4. The Kier molecular flexibility index (Phi) is 13.8. The third-order valence-corrected chi connectivity index (χ3v) is 9.40. The number of para-hydroxylation sites is 1. The van der Waals surface area contributed by atoms with E-state index < -0.39 is 0 Å². The van der Waals surface area contributed by atoms with Gasteiger partial charge in [-0.15, -0.1) is 0 Å². The molecule has 50 heavy (non-hydrogen) atoms. The fourth-order valence-electron chi connectivity index (χ4n) is 6.18. The van der Waals surface area contributed by atoms with E-state index in [-0.39, 0.29) is 12.0 Å².